The van der Waals surface area contributed by atoms with Crippen molar-refractivity contribution >= 4 is 23.0 Å². The van der Waals surface area contributed by atoms with E-state index >= 15 is 0 Å². The number of amides is 1. The van der Waals surface area contributed by atoms with Gasteiger partial charge in [0.1, 0.15) is 5.75 Å². The lowest BCUT2D eigenvalue weighted by Crippen LogP contribution is -2.25. The normalized spacial score (nSPS) is 11.4. The average molecular weight is 316 g/mol. The van der Waals surface area contributed by atoms with Gasteiger partial charge >= 0.3 is 0 Å². The molecule has 0 saturated heterocycles. The molecule has 22 heavy (non-hydrogen) atoms. The fraction of sp³-hybridized carbons (Fsp3) is 0.294. The highest BCUT2D eigenvalue weighted by Crippen LogP contribution is 2.21. The minimum Gasteiger partial charge on any atom is -0.484 e. The van der Waals surface area contributed by atoms with Crippen LogP contribution in [-0.2, 0) is 4.79 Å². The van der Waals surface area contributed by atoms with Gasteiger partial charge in [-0.2, -0.15) is 5.10 Å². The van der Waals surface area contributed by atoms with Crippen LogP contribution in [0.25, 0.3) is 0 Å². The van der Waals surface area contributed by atoms with Crippen LogP contribution in [0.1, 0.15) is 27.8 Å². The molecule has 0 fully saturated rings. The molecule has 0 saturated carbocycles. The zero-order valence-corrected chi connectivity index (χ0v) is 14.1. The quantitative estimate of drug-likeness (QED) is 0.677. The van der Waals surface area contributed by atoms with E-state index in [1.807, 2.05) is 38.1 Å². The first-order valence-corrected chi connectivity index (χ1v) is 7.87. The molecule has 0 aliphatic carbocycles. The largest absolute Gasteiger partial charge is 0.484 e. The number of nitrogens with one attached hydrogen (secondary N) is 1. The monoisotopic (exact) mass is 316 g/mol. The first-order chi connectivity index (χ1) is 10.5. The lowest BCUT2D eigenvalue weighted by atomic mass is 10.2. The number of hydrogen-bond acceptors (Lipinski definition) is 4. The van der Waals surface area contributed by atoms with E-state index in [1.54, 1.807) is 11.3 Å². The molecular weight excluding hydrogens is 296 g/mol. The second-order valence-corrected chi connectivity index (χ2v) is 6.62. The van der Waals surface area contributed by atoms with Crippen molar-refractivity contribution in [3.63, 3.8) is 0 Å². The Labute approximate surface area is 134 Å². The molecule has 0 radical (unpaired) electrons. The minimum atomic E-state index is -0.273. The topological polar surface area (TPSA) is 50.7 Å². The lowest BCUT2D eigenvalue weighted by molar-refractivity contribution is -0.123. The van der Waals surface area contributed by atoms with E-state index in [-0.39, 0.29) is 12.5 Å². The van der Waals surface area contributed by atoms with Crippen LogP contribution in [0.3, 0.4) is 0 Å². The molecule has 2 aromatic rings. The minimum absolute atomic E-state index is 0.0537. The van der Waals surface area contributed by atoms with Gasteiger partial charge in [0.25, 0.3) is 5.91 Å². The number of rotatable bonds is 5. The molecule has 0 spiro atoms. The predicted octanol–water partition coefficient (Wildman–Crippen LogP) is 3.59. The molecule has 1 aromatic carbocycles. The Kier molecular flexibility index (Phi) is 5.33. The van der Waals surface area contributed by atoms with Crippen molar-refractivity contribution in [2.24, 2.45) is 5.10 Å². The highest BCUT2D eigenvalue weighted by Gasteiger charge is 2.07. The average Bonchev–Trinajstić information content (AvgIpc) is 2.81. The summed E-state index contributed by atoms with van der Waals surface area (Å²) in [5, 5.41) is 4.14. The molecule has 2 rings (SSSR count). The first-order valence-electron chi connectivity index (χ1n) is 7.05. The third kappa shape index (κ3) is 4.43. The summed E-state index contributed by atoms with van der Waals surface area (Å²) < 4.78 is 5.44. The van der Waals surface area contributed by atoms with Crippen LogP contribution >= 0.6 is 11.3 Å². The van der Waals surface area contributed by atoms with Gasteiger partial charge in [-0.05, 0) is 51.5 Å². The van der Waals surface area contributed by atoms with Gasteiger partial charge < -0.3 is 4.74 Å². The maximum atomic E-state index is 11.8. The van der Waals surface area contributed by atoms with Crippen LogP contribution in [0.5, 0.6) is 5.75 Å². The van der Waals surface area contributed by atoms with Crippen molar-refractivity contribution < 1.29 is 9.53 Å². The fourth-order valence-electron chi connectivity index (χ4n) is 2.08. The lowest BCUT2D eigenvalue weighted by Gasteiger charge is -2.06. The number of hydrazone groups is 1. The Hall–Kier alpha value is -2.14. The number of carbonyl (C=O) groups excluding carboxylic acids is 1. The molecule has 5 heteroatoms. The number of aryl methyl sites for hydroxylation is 3. The van der Waals surface area contributed by atoms with Crippen molar-refractivity contribution in [1.29, 1.82) is 0 Å². The standard InChI is InChI=1S/C17H20N2O2S/c1-11-6-5-7-15(8-11)21-10-17(20)19-18-13(3)16-9-12(2)22-14(16)4/h5-9H,10H2,1-4H3,(H,19,20)/b18-13-. The second-order valence-electron chi connectivity index (χ2n) is 5.16. The summed E-state index contributed by atoms with van der Waals surface area (Å²) in [7, 11) is 0. The highest BCUT2D eigenvalue weighted by atomic mass is 32.1. The van der Waals surface area contributed by atoms with E-state index in [0.717, 1.165) is 16.8 Å². The molecule has 4 nitrogen and oxygen atoms in total. The maximum Gasteiger partial charge on any atom is 0.277 e. The van der Waals surface area contributed by atoms with E-state index in [1.165, 1.54) is 9.75 Å². The molecule has 1 heterocycles. The van der Waals surface area contributed by atoms with Crippen molar-refractivity contribution in [3.8, 4) is 5.75 Å². The number of thiophene rings is 1. The molecular formula is C17H20N2O2S. The van der Waals surface area contributed by atoms with E-state index in [9.17, 15) is 4.79 Å². The van der Waals surface area contributed by atoms with Crippen LogP contribution in [0, 0.1) is 20.8 Å². The summed E-state index contributed by atoms with van der Waals surface area (Å²) in [6.45, 7) is 7.92. The SMILES string of the molecule is C/C(=N/NC(=O)COc1cccc(C)c1)c1cc(C)sc1C. The van der Waals surface area contributed by atoms with E-state index in [4.69, 9.17) is 4.74 Å². The third-order valence-electron chi connectivity index (χ3n) is 3.14. The van der Waals surface area contributed by atoms with Gasteiger partial charge in [0, 0.05) is 15.3 Å². The number of carbonyl (C=O) groups is 1. The summed E-state index contributed by atoms with van der Waals surface area (Å²) in [6.07, 6.45) is 0. The van der Waals surface area contributed by atoms with Gasteiger partial charge in [-0.15, -0.1) is 11.3 Å². The molecule has 0 unspecified atom stereocenters. The molecule has 1 aromatic heterocycles. The van der Waals surface area contributed by atoms with Gasteiger partial charge in [0.05, 0.1) is 5.71 Å². The summed E-state index contributed by atoms with van der Waals surface area (Å²) >= 11 is 1.72. The zero-order chi connectivity index (χ0) is 16.1. The summed E-state index contributed by atoms with van der Waals surface area (Å²) in [5.41, 5.74) is 5.49. The van der Waals surface area contributed by atoms with Crippen LogP contribution in [0.2, 0.25) is 0 Å². The van der Waals surface area contributed by atoms with Crippen molar-refractivity contribution in [2.75, 3.05) is 6.61 Å². The molecule has 1 amide bonds. The molecule has 1 N–H and O–H groups in total. The summed E-state index contributed by atoms with van der Waals surface area (Å²) in [5.74, 6) is 0.408. The molecule has 0 aliphatic heterocycles. The van der Waals surface area contributed by atoms with Gasteiger partial charge in [0.2, 0.25) is 0 Å². The zero-order valence-electron chi connectivity index (χ0n) is 13.3. The smallest absolute Gasteiger partial charge is 0.277 e. The highest BCUT2D eigenvalue weighted by molar-refractivity contribution is 7.12. The Morgan fingerprint density at radius 2 is 2.05 bits per heavy atom. The van der Waals surface area contributed by atoms with Crippen LogP contribution < -0.4 is 10.2 Å². The first kappa shape index (κ1) is 16.2. The predicted molar refractivity (Wildman–Crippen MR) is 90.8 cm³/mol. The summed E-state index contributed by atoms with van der Waals surface area (Å²) in [4.78, 5) is 14.2. The van der Waals surface area contributed by atoms with Crippen molar-refractivity contribution in [2.45, 2.75) is 27.7 Å². The number of ether oxygens (including phenoxy) is 1. The van der Waals surface area contributed by atoms with Gasteiger partial charge in [-0.3, -0.25) is 4.79 Å². The van der Waals surface area contributed by atoms with E-state index in [2.05, 4.69) is 30.4 Å². The number of hydrogen-bond donors (Lipinski definition) is 1. The van der Waals surface area contributed by atoms with Crippen molar-refractivity contribution in [3.05, 3.63) is 51.2 Å². The van der Waals surface area contributed by atoms with E-state index in [0.29, 0.717) is 5.75 Å². The molecule has 116 valence electrons. The Balaban J connectivity index is 1.89. The maximum absolute atomic E-state index is 11.8. The van der Waals surface area contributed by atoms with Crippen LogP contribution in [-0.4, -0.2) is 18.2 Å². The second kappa shape index (κ2) is 7.22. The van der Waals surface area contributed by atoms with Crippen LogP contribution in [0.15, 0.2) is 35.4 Å². The van der Waals surface area contributed by atoms with Crippen molar-refractivity contribution in [1.82, 2.24) is 5.43 Å². The Morgan fingerprint density at radius 1 is 1.27 bits per heavy atom. The van der Waals surface area contributed by atoms with E-state index < -0.39 is 0 Å². The molecule has 0 bridgehead atoms. The summed E-state index contributed by atoms with van der Waals surface area (Å²) in [6, 6.07) is 9.66. The molecule has 0 aliphatic rings. The van der Waals surface area contributed by atoms with Gasteiger partial charge in [-0.25, -0.2) is 5.43 Å². The third-order valence-corrected chi connectivity index (χ3v) is 4.10. The number of nitrogens with zero attached hydrogens (tertiary/aromatic N) is 1. The van der Waals surface area contributed by atoms with Crippen LogP contribution in [0.4, 0.5) is 0 Å². The van der Waals surface area contributed by atoms with Gasteiger partial charge in [0.15, 0.2) is 6.61 Å². The Bertz CT molecular complexity index is 704. The fourth-order valence-corrected chi connectivity index (χ4v) is 3.06. The van der Waals surface area contributed by atoms with Gasteiger partial charge in [-0.1, -0.05) is 12.1 Å². The molecule has 0 atom stereocenters. The Morgan fingerprint density at radius 3 is 2.68 bits per heavy atom. The number of benzene rings is 1.